The van der Waals surface area contributed by atoms with Crippen molar-refractivity contribution in [2.24, 2.45) is 0 Å². The van der Waals surface area contributed by atoms with E-state index in [0.717, 1.165) is 10.5 Å². The molecule has 0 aliphatic heterocycles. The number of amides is 1. The number of carbonyl (C=O) groups excluding carboxylic acids is 1. The van der Waals surface area contributed by atoms with Crippen LogP contribution in [0.25, 0.3) is 16.7 Å². The number of hydrogen-bond acceptors (Lipinski definition) is 7. The minimum atomic E-state index is -0.240. The Kier molecular flexibility index (Phi) is 7.07. The van der Waals surface area contributed by atoms with Crippen molar-refractivity contribution >= 4 is 46.0 Å². The lowest BCUT2D eigenvalue weighted by Crippen LogP contribution is -2.23. The molecule has 1 amide bonds. The molecule has 164 valence electrons. The highest BCUT2D eigenvalue weighted by Gasteiger charge is 2.16. The maximum Gasteiger partial charge on any atom is 0.267 e. The molecule has 2 aromatic carbocycles. The van der Waals surface area contributed by atoms with Crippen LogP contribution in [0.3, 0.4) is 0 Å². The molecule has 0 unspecified atom stereocenters. The van der Waals surface area contributed by atoms with Gasteiger partial charge in [-0.2, -0.15) is 5.26 Å². The summed E-state index contributed by atoms with van der Waals surface area (Å²) in [7, 11) is 0. The van der Waals surface area contributed by atoms with Crippen LogP contribution in [0.15, 0.2) is 81.7 Å². The summed E-state index contributed by atoms with van der Waals surface area (Å²) < 4.78 is 1.45. The van der Waals surface area contributed by atoms with Crippen LogP contribution < -0.4 is 10.9 Å². The van der Waals surface area contributed by atoms with Crippen LogP contribution in [0.5, 0.6) is 0 Å². The minimum absolute atomic E-state index is 0.0495. The summed E-state index contributed by atoms with van der Waals surface area (Å²) in [5.41, 5.74) is 1.93. The SMILES string of the molecule is Cc1ccnc(-n2c(SCC(=O)Nc3ccccc3SCC#N)nc3ccccc3c2=O)c1. The normalized spacial score (nSPS) is 10.7. The predicted molar refractivity (Wildman–Crippen MR) is 132 cm³/mol. The third kappa shape index (κ3) is 5.25. The lowest BCUT2D eigenvalue weighted by Gasteiger charge is -2.13. The van der Waals surface area contributed by atoms with E-state index in [4.69, 9.17) is 5.26 Å². The number of aromatic nitrogens is 3. The molecule has 4 rings (SSSR count). The maximum absolute atomic E-state index is 13.3. The highest BCUT2D eigenvalue weighted by atomic mass is 32.2. The monoisotopic (exact) mass is 473 g/mol. The van der Waals surface area contributed by atoms with E-state index in [1.165, 1.54) is 28.1 Å². The van der Waals surface area contributed by atoms with Crippen LogP contribution in [-0.4, -0.2) is 31.9 Å². The van der Waals surface area contributed by atoms with E-state index in [0.29, 0.717) is 33.3 Å². The second-order valence-electron chi connectivity index (χ2n) is 7.02. The summed E-state index contributed by atoms with van der Waals surface area (Å²) in [6.45, 7) is 1.92. The Morgan fingerprint density at radius 1 is 1.12 bits per heavy atom. The lowest BCUT2D eigenvalue weighted by atomic mass is 10.2. The molecule has 9 heteroatoms. The summed E-state index contributed by atoms with van der Waals surface area (Å²) in [4.78, 5) is 35.8. The molecule has 2 aromatic heterocycles. The third-order valence-electron chi connectivity index (χ3n) is 4.66. The molecule has 0 radical (unpaired) electrons. The zero-order chi connectivity index (χ0) is 23.2. The molecule has 0 atom stereocenters. The number of aryl methyl sites for hydroxylation is 1. The zero-order valence-corrected chi connectivity index (χ0v) is 19.3. The number of anilines is 1. The summed E-state index contributed by atoms with van der Waals surface area (Å²) >= 11 is 2.53. The van der Waals surface area contributed by atoms with Crippen LogP contribution in [-0.2, 0) is 4.79 Å². The van der Waals surface area contributed by atoms with Gasteiger partial charge in [-0.15, -0.1) is 11.8 Å². The standard InChI is InChI=1S/C24H19N5O2S2/c1-16-10-12-26-21(14-16)29-23(31)17-6-2-3-7-18(17)28-24(29)33-15-22(30)27-19-8-4-5-9-20(19)32-13-11-25/h2-10,12,14H,13,15H2,1H3,(H,27,30). The highest BCUT2D eigenvalue weighted by Crippen LogP contribution is 2.27. The van der Waals surface area contributed by atoms with Gasteiger partial charge in [0, 0.05) is 11.1 Å². The van der Waals surface area contributed by atoms with Gasteiger partial charge in [-0.3, -0.25) is 9.59 Å². The first-order valence-corrected chi connectivity index (χ1v) is 12.0. The van der Waals surface area contributed by atoms with Crippen LogP contribution in [0, 0.1) is 18.3 Å². The second-order valence-corrected chi connectivity index (χ2v) is 8.98. The number of para-hydroxylation sites is 2. The number of hydrogen-bond donors (Lipinski definition) is 1. The van der Waals surface area contributed by atoms with Gasteiger partial charge < -0.3 is 5.32 Å². The molecule has 0 spiro atoms. The van der Waals surface area contributed by atoms with Crippen molar-refractivity contribution in [2.45, 2.75) is 17.0 Å². The van der Waals surface area contributed by atoms with Crippen molar-refractivity contribution in [3.63, 3.8) is 0 Å². The fourth-order valence-corrected chi connectivity index (χ4v) is 4.65. The summed E-state index contributed by atoms with van der Waals surface area (Å²) in [6, 6.07) is 20.2. The van der Waals surface area contributed by atoms with Gasteiger partial charge in [0.25, 0.3) is 5.56 Å². The van der Waals surface area contributed by atoms with Gasteiger partial charge >= 0.3 is 0 Å². The molecule has 0 bridgehead atoms. The van der Waals surface area contributed by atoms with Crippen LogP contribution in [0.1, 0.15) is 5.56 Å². The lowest BCUT2D eigenvalue weighted by molar-refractivity contribution is -0.113. The molecular formula is C24H19N5O2S2. The molecule has 33 heavy (non-hydrogen) atoms. The number of carbonyl (C=O) groups is 1. The molecular weight excluding hydrogens is 454 g/mol. The van der Waals surface area contributed by atoms with Crippen LogP contribution in [0.4, 0.5) is 5.69 Å². The van der Waals surface area contributed by atoms with Crippen molar-refractivity contribution in [3.05, 3.63) is 82.8 Å². The Bertz CT molecular complexity index is 1430. The van der Waals surface area contributed by atoms with E-state index in [9.17, 15) is 9.59 Å². The summed E-state index contributed by atoms with van der Waals surface area (Å²) in [5.74, 6) is 0.558. The van der Waals surface area contributed by atoms with Crippen molar-refractivity contribution < 1.29 is 4.79 Å². The van der Waals surface area contributed by atoms with E-state index in [2.05, 4.69) is 21.4 Å². The van der Waals surface area contributed by atoms with Gasteiger partial charge in [0.05, 0.1) is 34.2 Å². The number of fused-ring (bicyclic) bond motifs is 1. The minimum Gasteiger partial charge on any atom is -0.324 e. The first-order chi connectivity index (χ1) is 16.1. The Morgan fingerprint density at radius 3 is 2.73 bits per heavy atom. The van der Waals surface area contributed by atoms with E-state index in [-0.39, 0.29) is 17.2 Å². The quantitative estimate of drug-likeness (QED) is 0.313. The van der Waals surface area contributed by atoms with E-state index in [1.54, 1.807) is 30.5 Å². The van der Waals surface area contributed by atoms with Gasteiger partial charge in [-0.05, 0) is 48.9 Å². The molecule has 0 aliphatic carbocycles. The molecule has 4 aromatic rings. The second kappa shape index (κ2) is 10.3. The van der Waals surface area contributed by atoms with Crippen LogP contribution in [0.2, 0.25) is 0 Å². The van der Waals surface area contributed by atoms with Gasteiger partial charge in [-0.25, -0.2) is 14.5 Å². The van der Waals surface area contributed by atoms with Crippen molar-refractivity contribution in [1.29, 1.82) is 5.26 Å². The Labute approximate surface area is 198 Å². The third-order valence-corrected chi connectivity index (χ3v) is 6.54. The van der Waals surface area contributed by atoms with Crippen molar-refractivity contribution in [1.82, 2.24) is 14.5 Å². The van der Waals surface area contributed by atoms with Gasteiger partial charge in [0.1, 0.15) is 5.82 Å². The number of rotatable bonds is 7. The number of pyridine rings is 1. The summed E-state index contributed by atoms with van der Waals surface area (Å²) in [6.07, 6.45) is 1.64. The molecule has 7 nitrogen and oxygen atoms in total. The molecule has 1 N–H and O–H groups in total. The average molecular weight is 474 g/mol. The van der Waals surface area contributed by atoms with E-state index in [1.807, 2.05) is 43.3 Å². The molecule has 2 heterocycles. The van der Waals surface area contributed by atoms with E-state index < -0.39 is 0 Å². The van der Waals surface area contributed by atoms with Gasteiger partial charge in [-0.1, -0.05) is 36.0 Å². The van der Waals surface area contributed by atoms with Gasteiger partial charge in [0.15, 0.2) is 5.16 Å². The Balaban J connectivity index is 1.63. The van der Waals surface area contributed by atoms with Crippen molar-refractivity contribution in [3.8, 4) is 11.9 Å². The molecule has 0 aliphatic rings. The predicted octanol–water partition coefficient (Wildman–Crippen LogP) is 4.44. The van der Waals surface area contributed by atoms with Crippen LogP contribution >= 0.6 is 23.5 Å². The largest absolute Gasteiger partial charge is 0.324 e. The fraction of sp³-hybridized carbons (Fsp3) is 0.125. The Morgan fingerprint density at radius 2 is 1.91 bits per heavy atom. The Hall–Kier alpha value is -3.61. The highest BCUT2D eigenvalue weighted by molar-refractivity contribution is 8.00. The van der Waals surface area contributed by atoms with Crippen molar-refractivity contribution in [2.75, 3.05) is 16.8 Å². The summed E-state index contributed by atoms with van der Waals surface area (Å²) in [5, 5.41) is 12.6. The maximum atomic E-state index is 13.3. The number of thioether (sulfide) groups is 2. The first-order valence-electron chi connectivity index (χ1n) is 10.0. The number of nitrogens with zero attached hydrogens (tertiary/aromatic N) is 4. The number of nitriles is 1. The average Bonchev–Trinajstić information content (AvgIpc) is 2.82. The number of nitrogens with one attached hydrogen (secondary N) is 1. The molecule has 0 saturated heterocycles. The smallest absolute Gasteiger partial charge is 0.267 e. The first kappa shape index (κ1) is 22.6. The molecule has 0 saturated carbocycles. The van der Waals surface area contributed by atoms with Gasteiger partial charge in [0.2, 0.25) is 5.91 Å². The molecule has 0 fully saturated rings. The zero-order valence-electron chi connectivity index (χ0n) is 17.7. The topological polar surface area (TPSA) is 101 Å². The van der Waals surface area contributed by atoms with E-state index >= 15 is 0 Å². The fourth-order valence-electron chi connectivity index (χ4n) is 3.18. The number of benzene rings is 2.